The van der Waals surface area contributed by atoms with Crippen molar-refractivity contribution in [3.63, 3.8) is 0 Å². The van der Waals surface area contributed by atoms with Crippen LogP contribution in [0.4, 0.5) is 15.8 Å². The van der Waals surface area contributed by atoms with Crippen LogP contribution < -0.4 is 15.0 Å². The molecular weight excluding hydrogens is 385 g/mol. The summed E-state index contributed by atoms with van der Waals surface area (Å²) < 4.78 is 25.5. The van der Waals surface area contributed by atoms with E-state index >= 15 is 0 Å². The van der Waals surface area contributed by atoms with E-state index in [4.69, 9.17) is 9.47 Å². The summed E-state index contributed by atoms with van der Waals surface area (Å²) in [5.41, 5.74) is 2.28. The number of carbonyl (C=O) groups is 1. The molecule has 0 atom stereocenters. The number of aromatic nitrogens is 1. The Balaban J connectivity index is 1.40. The molecule has 1 aliphatic heterocycles. The molecule has 2 aromatic carbocycles. The molecular formula is C23H22FN3O3. The van der Waals surface area contributed by atoms with Gasteiger partial charge in [0.1, 0.15) is 12.4 Å². The Hall–Kier alpha value is -3.45. The van der Waals surface area contributed by atoms with Crippen molar-refractivity contribution in [3.05, 3.63) is 83.8 Å². The third kappa shape index (κ3) is 4.93. The minimum Gasteiger partial charge on any atom is -0.473 e. The summed E-state index contributed by atoms with van der Waals surface area (Å²) >= 11 is 0. The number of ether oxygens (including phenoxy) is 2. The number of hydrogen-bond acceptors (Lipinski definition) is 5. The highest BCUT2D eigenvalue weighted by Crippen LogP contribution is 2.24. The quantitative estimate of drug-likeness (QED) is 0.672. The van der Waals surface area contributed by atoms with E-state index in [0.717, 1.165) is 5.56 Å². The number of benzene rings is 2. The fraction of sp³-hybridized carbons (Fsp3) is 0.217. The molecule has 3 aromatic rings. The number of pyridine rings is 1. The number of amides is 1. The van der Waals surface area contributed by atoms with Gasteiger partial charge in [-0.2, -0.15) is 0 Å². The van der Waals surface area contributed by atoms with Crippen LogP contribution >= 0.6 is 0 Å². The van der Waals surface area contributed by atoms with Crippen molar-refractivity contribution >= 4 is 17.3 Å². The topological polar surface area (TPSA) is 63.7 Å². The maximum absolute atomic E-state index is 14.5. The van der Waals surface area contributed by atoms with Crippen molar-refractivity contribution in [2.24, 2.45) is 0 Å². The summed E-state index contributed by atoms with van der Waals surface area (Å²) in [6.07, 6.45) is 1.51. The lowest BCUT2D eigenvalue weighted by atomic mass is 10.2. The second kappa shape index (κ2) is 9.37. The highest BCUT2D eigenvalue weighted by Gasteiger charge is 2.16. The van der Waals surface area contributed by atoms with Crippen LogP contribution in [0.1, 0.15) is 15.9 Å². The molecule has 154 valence electrons. The molecule has 1 aliphatic rings. The van der Waals surface area contributed by atoms with E-state index in [9.17, 15) is 9.18 Å². The zero-order valence-electron chi connectivity index (χ0n) is 16.4. The average molecular weight is 407 g/mol. The first-order valence-electron chi connectivity index (χ1n) is 9.75. The molecule has 1 fully saturated rings. The van der Waals surface area contributed by atoms with Crippen LogP contribution in [0.3, 0.4) is 0 Å². The summed E-state index contributed by atoms with van der Waals surface area (Å²) in [6.45, 7) is 2.80. The van der Waals surface area contributed by atoms with Gasteiger partial charge in [-0.3, -0.25) is 4.79 Å². The summed E-state index contributed by atoms with van der Waals surface area (Å²) in [7, 11) is 0. The smallest absolute Gasteiger partial charge is 0.255 e. The Morgan fingerprint density at radius 2 is 1.90 bits per heavy atom. The lowest BCUT2D eigenvalue weighted by Gasteiger charge is -2.29. The molecule has 6 nitrogen and oxygen atoms in total. The standard InChI is InChI=1S/C23H22FN3O3/c24-20-15-19(6-7-21(20)27-10-12-29-13-11-27)26-23(28)18-8-9-25-22(14-18)30-16-17-4-2-1-3-5-17/h1-9,14-15H,10-13,16H2,(H,26,28). The lowest BCUT2D eigenvalue weighted by molar-refractivity contribution is 0.102. The van der Waals surface area contributed by atoms with E-state index in [1.807, 2.05) is 35.2 Å². The van der Waals surface area contributed by atoms with Gasteiger partial charge in [-0.15, -0.1) is 0 Å². The SMILES string of the molecule is O=C(Nc1ccc(N2CCOCC2)c(F)c1)c1ccnc(OCc2ccccc2)c1. The Labute approximate surface area is 174 Å². The van der Waals surface area contributed by atoms with Gasteiger partial charge in [0.05, 0.1) is 18.9 Å². The number of morpholine rings is 1. The number of nitrogens with zero attached hydrogens (tertiary/aromatic N) is 2. The highest BCUT2D eigenvalue weighted by molar-refractivity contribution is 6.04. The van der Waals surface area contributed by atoms with Gasteiger partial charge in [-0.05, 0) is 29.8 Å². The van der Waals surface area contributed by atoms with E-state index < -0.39 is 0 Å². The van der Waals surface area contributed by atoms with E-state index in [1.165, 1.54) is 12.3 Å². The fourth-order valence-corrected chi connectivity index (χ4v) is 3.21. The van der Waals surface area contributed by atoms with Gasteiger partial charge in [0.2, 0.25) is 5.88 Å². The molecule has 0 radical (unpaired) electrons. The van der Waals surface area contributed by atoms with Gasteiger partial charge >= 0.3 is 0 Å². The predicted octanol–water partition coefficient (Wildman–Crippen LogP) is 3.89. The van der Waals surface area contributed by atoms with Crippen molar-refractivity contribution in [1.82, 2.24) is 4.98 Å². The Kier molecular flexibility index (Phi) is 6.20. The molecule has 2 heterocycles. The van der Waals surface area contributed by atoms with Crippen molar-refractivity contribution in [1.29, 1.82) is 0 Å². The number of rotatable bonds is 6. The Bertz CT molecular complexity index is 1010. The summed E-state index contributed by atoms with van der Waals surface area (Å²) in [5.74, 6) is -0.392. The van der Waals surface area contributed by atoms with Gasteiger partial charge in [0.25, 0.3) is 5.91 Å². The molecule has 0 unspecified atom stereocenters. The minimum atomic E-state index is -0.378. The van der Waals surface area contributed by atoms with Crippen LogP contribution in [-0.2, 0) is 11.3 Å². The summed E-state index contributed by atoms with van der Waals surface area (Å²) in [4.78, 5) is 18.7. The first-order valence-corrected chi connectivity index (χ1v) is 9.75. The van der Waals surface area contributed by atoms with Gasteiger partial charge in [0.15, 0.2) is 0 Å². The van der Waals surface area contributed by atoms with Crippen molar-refractivity contribution in [2.75, 3.05) is 36.5 Å². The van der Waals surface area contributed by atoms with E-state index in [0.29, 0.717) is 55.7 Å². The van der Waals surface area contributed by atoms with Crippen molar-refractivity contribution in [3.8, 4) is 5.88 Å². The number of hydrogen-bond donors (Lipinski definition) is 1. The fourth-order valence-electron chi connectivity index (χ4n) is 3.21. The normalized spacial score (nSPS) is 13.7. The van der Waals surface area contributed by atoms with Crippen molar-refractivity contribution < 1.29 is 18.7 Å². The minimum absolute atomic E-state index is 0.348. The Morgan fingerprint density at radius 1 is 1.10 bits per heavy atom. The molecule has 1 saturated heterocycles. The molecule has 0 bridgehead atoms. The number of nitrogens with one attached hydrogen (secondary N) is 1. The van der Waals surface area contributed by atoms with E-state index in [2.05, 4.69) is 10.3 Å². The van der Waals surface area contributed by atoms with Gasteiger partial charge in [-0.1, -0.05) is 30.3 Å². The third-order valence-electron chi connectivity index (χ3n) is 4.78. The van der Waals surface area contributed by atoms with Crippen LogP contribution in [-0.4, -0.2) is 37.2 Å². The van der Waals surface area contributed by atoms with Crippen LogP contribution in [0.2, 0.25) is 0 Å². The predicted molar refractivity (Wildman–Crippen MR) is 112 cm³/mol. The van der Waals surface area contributed by atoms with Gasteiger partial charge in [0, 0.05) is 36.6 Å². The van der Waals surface area contributed by atoms with Crippen LogP contribution in [0.25, 0.3) is 0 Å². The van der Waals surface area contributed by atoms with Crippen LogP contribution in [0.5, 0.6) is 5.88 Å². The molecule has 30 heavy (non-hydrogen) atoms. The Morgan fingerprint density at radius 3 is 2.67 bits per heavy atom. The molecule has 0 spiro atoms. The zero-order chi connectivity index (χ0) is 20.8. The third-order valence-corrected chi connectivity index (χ3v) is 4.78. The lowest BCUT2D eigenvalue weighted by Crippen LogP contribution is -2.36. The summed E-state index contributed by atoms with van der Waals surface area (Å²) in [5, 5.41) is 2.72. The highest BCUT2D eigenvalue weighted by atomic mass is 19.1. The van der Waals surface area contributed by atoms with E-state index in [-0.39, 0.29) is 11.7 Å². The number of halogens is 1. The molecule has 4 rings (SSSR count). The van der Waals surface area contributed by atoms with Crippen molar-refractivity contribution in [2.45, 2.75) is 6.61 Å². The maximum Gasteiger partial charge on any atom is 0.255 e. The van der Waals surface area contributed by atoms with E-state index in [1.54, 1.807) is 24.3 Å². The largest absolute Gasteiger partial charge is 0.473 e. The molecule has 0 saturated carbocycles. The average Bonchev–Trinajstić information content (AvgIpc) is 2.79. The molecule has 1 amide bonds. The van der Waals surface area contributed by atoms with Gasteiger partial charge in [-0.25, -0.2) is 9.37 Å². The maximum atomic E-state index is 14.5. The second-order valence-corrected chi connectivity index (χ2v) is 6.88. The monoisotopic (exact) mass is 407 g/mol. The molecule has 1 aromatic heterocycles. The van der Waals surface area contributed by atoms with Crippen LogP contribution in [0.15, 0.2) is 66.9 Å². The number of carbonyl (C=O) groups excluding carboxylic acids is 1. The number of anilines is 2. The van der Waals surface area contributed by atoms with Gasteiger partial charge < -0.3 is 19.7 Å². The first kappa shape index (κ1) is 19.8. The van der Waals surface area contributed by atoms with Crippen LogP contribution in [0, 0.1) is 5.82 Å². The second-order valence-electron chi connectivity index (χ2n) is 6.88. The molecule has 7 heteroatoms. The summed E-state index contributed by atoms with van der Waals surface area (Å²) in [6, 6.07) is 17.5. The molecule has 0 aliphatic carbocycles. The molecule has 1 N–H and O–H groups in total. The first-order chi connectivity index (χ1) is 14.7. The zero-order valence-corrected chi connectivity index (χ0v) is 16.4.